The van der Waals surface area contributed by atoms with E-state index in [9.17, 15) is 4.79 Å². The maximum absolute atomic E-state index is 11.9. The number of nitrogens with one attached hydrogen (secondary N) is 1. The molecule has 0 heterocycles. The first-order valence-electron chi connectivity index (χ1n) is 5.89. The van der Waals surface area contributed by atoms with Crippen molar-refractivity contribution in [1.29, 1.82) is 0 Å². The zero-order valence-electron chi connectivity index (χ0n) is 10.6. The van der Waals surface area contributed by atoms with Crippen LogP contribution in [0.4, 0.5) is 0 Å². The van der Waals surface area contributed by atoms with Gasteiger partial charge in [0.05, 0.1) is 10.0 Å². The molecule has 1 unspecified atom stereocenters. The smallest absolute Gasteiger partial charge is 0.279 e. The summed E-state index contributed by atoms with van der Waals surface area (Å²) in [6.45, 7) is 0. The molecule has 2 rings (SSSR count). The van der Waals surface area contributed by atoms with Crippen molar-refractivity contribution in [3.8, 4) is 5.75 Å². The highest BCUT2D eigenvalue weighted by atomic mass is 79.9. The highest BCUT2D eigenvalue weighted by molar-refractivity contribution is 9.10. The first-order chi connectivity index (χ1) is 10.0. The Morgan fingerprint density at radius 3 is 2.48 bits per heavy atom. The predicted octanol–water partition coefficient (Wildman–Crippen LogP) is 3.87. The van der Waals surface area contributed by atoms with E-state index in [4.69, 9.17) is 33.8 Å². The van der Waals surface area contributed by atoms with E-state index in [1.54, 1.807) is 30.3 Å². The highest BCUT2D eigenvalue weighted by Crippen LogP contribution is 2.36. The summed E-state index contributed by atoms with van der Waals surface area (Å²) in [6.07, 6.45) is -0.925. The SMILES string of the molecule is NNC(=O)C(Oc1cc(Cl)c(Br)cc1Cl)c1ccccc1. The summed E-state index contributed by atoms with van der Waals surface area (Å²) in [6, 6.07) is 12.1. The zero-order chi connectivity index (χ0) is 15.4. The van der Waals surface area contributed by atoms with Crippen LogP contribution in [0.1, 0.15) is 11.7 Å². The van der Waals surface area contributed by atoms with Gasteiger partial charge < -0.3 is 4.74 Å². The number of carbonyl (C=O) groups is 1. The molecule has 0 aliphatic rings. The third-order valence-electron chi connectivity index (χ3n) is 2.70. The lowest BCUT2D eigenvalue weighted by molar-refractivity contribution is -0.128. The molecule has 0 radical (unpaired) electrons. The molecule has 21 heavy (non-hydrogen) atoms. The molecule has 0 bridgehead atoms. The summed E-state index contributed by atoms with van der Waals surface area (Å²) < 4.78 is 6.33. The van der Waals surface area contributed by atoms with E-state index in [0.717, 1.165) is 0 Å². The van der Waals surface area contributed by atoms with Gasteiger partial charge in [0, 0.05) is 16.1 Å². The second kappa shape index (κ2) is 7.13. The Bertz CT molecular complexity index is 653. The number of hydrogen-bond donors (Lipinski definition) is 2. The highest BCUT2D eigenvalue weighted by Gasteiger charge is 2.23. The van der Waals surface area contributed by atoms with Crippen molar-refractivity contribution in [1.82, 2.24) is 5.43 Å². The maximum atomic E-state index is 11.9. The lowest BCUT2D eigenvalue weighted by atomic mass is 10.1. The number of ether oxygens (including phenoxy) is 1. The van der Waals surface area contributed by atoms with E-state index in [1.807, 2.05) is 6.07 Å². The van der Waals surface area contributed by atoms with Gasteiger partial charge in [0.2, 0.25) is 6.10 Å². The van der Waals surface area contributed by atoms with Crippen LogP contribution in [0.25, 0.3) is 0 Å². The normalized spacial score (nSPS) is 11.8. The van der Waals surface area contributed by atoms with Gasteiger partial charge in [-0.1, -0.05) is 53.5 Å². The minimum absolute atomic E-state index is 0.294. The van der Waals surface area contributed by atoms with Gasteiger partial charge in [-0.05, 0) is 22.0 Å². The fourth-order valence-corrected chi connectivity index (χ4v) is 2.54. The summed E-state index contributed by atoms with van der Waals surface area (Å²) in [4.78, 5) is 11.9. The predicted molar refractivity (Wildman–Crippen MR) is 86.3 cm³/mol. The van der Waals surface area contributed by atoms with Gasteiger partial charge in [-0.3, -0.25) is 10.2 Å². The summed E-state index contributed by atoms with van der Waals surface area (Å²) in [5.41, 5.74) is 2.73. The number of rotatable bonds is 4. The Kier molecular flexibility index (Phi) is 5.47. The van der Waals surface area contributed by atoms with Crippen LogP contribution in [0.15, 0.2) is 46.9 Å². The lowest BCUT2D eigenvalue weighted by Gasteiger charge is -2.19. The molecule has 7 heteroatoms. The molecule has 0 fully saturated rings. The Balaban J connectivity index is 2.36. The van der Waals surface area contributed by atoms with Crippen LogP contribution in [0.5, 0.6) is 5.75 Å². The standard InChI is InChI=1S/C14H11BrCl2N2O2/c15-9-6-11(17)12(7-10(9)16)21-13(14(20)19-18)8-4-2-1-3-5-8/h1-7,13H,18H2,(H,19,20). The van der Waals surface area contributed by atoms with Crippen molar-refractivity contribution < 1.29 is 9.53 Å². The van der Waals surface area contributed by atoms with Gasteiger partial charge in [-0.15, -0.1) is 0 Å². The molecule has 1 atom stereocenters. The Labute approximate surface area is 140 Å². The van der Waals surface area contributed by atoms with Crippen molar-refractivity contribution in [3.63, 3.8) is 0 Å². The van der Waals surface area contributed by atoms with Crippen LogP contribution >= 0.6 is 39.1 Å². The molecular weight excluding hydrogens is 379 g/mol. The average molecular weight is 390 g/mol. The molecule has 4 nitrogen and oxygen atoms in total. The van der Waals surface area contributed by atoms with Crippen molar-refractivity contribution in [2.24, 2.45) is 5.84 Å². The number of halogens is 3. The molecular formula is C14H11BrCl2N2O2. The molecule has 110 valence electrons. The van der Waals surface area contributed by atoms with E-state index in [1.165, 1.54) is 6.07 Å². The summed E-state index contributed by atoms with van der Waals surface area (Å²) in [5.74, 6) is 5.01. The van der Waals surface area contributed by atoms with Crippen molar-refractivity contribution in [2.75, 3.05) is 0 Å². The van der Waals surface area contributed by atoms with Gasteiger partial charge in [-0.25, -0.2) is 5.84 Å². The molecule has 2 aromatic rings. The third kappa shape index (κ3) is 3.89. The number of carbonyl (C=O) groups excluding carboxylic acids is 1. The maximum Gasteiger partial charge on any atom is 0.279 e. The van der Waals surface area contributed by atoms with Crippen molar-refractivity contribution in [2.45, 2.75) is 6.10 Å². The Morgan fingerprint density at radius 2 is 1.86 bits per heavy atom. The largest absolute Gasteiger partial charge is 0.474 e. The Hall–Kier alpha value is -1.27. The fraction of sp³-hybridized carbons (Fsp3) is 0.0714. The van der Waals surface area contributed by atoms with Crippen molar-refractivity contribution in [3.05, 3.63) is 62.5 Å². The molecule has 0 saturated carbocycles. The molecule has 0 saturated heterocycles. The lowest BCUT2D eigenvalue weighted by Crippen LogP contribution is -2.37. The third-order valence-corrected chi connectivity index (χ3v) is 4.19. The van der Waals surface area contributed by atoms with E-state index in [-0.39, 0.29) is 0 Å². The summed E-state index contributed by atoms with van der Waals surface area (Å²) in [7, 11) is 0. The monoisotopic (exact) mass is 388 g/mol. The quantitative estimate of drug-likeness (QED) is 0.361. The van der Waals surface area contributed by atoms with Gasteiger partial charge in [-0.2, -0.15) is 0 Å². The second-order valence-corrected chi connectivity index (χ2v) is 5.78. The molecule has 0 aromatic heterocycles. The molecule has 3 N–H and O–H groups in total. The van der Waals surface area contributed by atoms with Gasteiger partial charge in [0.25, 0.3) is 5.91 Å². The Morgan fingerprint density at radius 1 is 1.19 bits per heavy atom. The molecule has 0 spiro atoms. The minimum atomic E-state index is -0.925. The van der Waals surface area contributed by atoms with E-state index < -0.39 is 12.0 Å². The van der Waals surface area contributed by atoms with E-state index in [0.29, 0.717) is 25.8 Å². The van der Waals surface area contributed by atoms with Crippen LogP contribution in [-0.4, -0.2) is 5.91 Å². The van der Waals surface area contributed by atoms with E-state index >= 15 is 0 Å². The van der Waals surface area contributed by atoms with Gasteiger partial charge in [0.1, 0.15) is 5.75 Å². The number of hydrogen-bond acceptors (Lipinski definition) is 3. The first-order valence-corrected chi connectivity index (χ1v) is 7.44. The van der Waals surface area contributed by atoms with Crippen LogP contribution in [0.2, 0.25) is 10.0 Å². The number of benzene rings is 2. The van der Waals surface area contributed by atoms with E-state index in [2.05, 4.69) is 21.4 Å². The number of hydrazine groups is 1. The van der Waals surface area contributed by atoms with Crippen LogP contribution in [-0.2, 0) is 4.79 Å². The zero-order valence-corrected chi connectivity index (χ0v) is 13.7. The number of nitrogens with two attached hydrogens (primary N) is 1. The average Bonchev–Trinajstić information content (AvgIpc) is 2.49. The first kappa shape index (κ1) is 16.1. The summed E-state index contributed by atoms with van der Waals surface area (Å²) in [5, 5.41) is 0.756. The van der Waals surface area contributed by atoms with Crippen LogP contribution in [0.3, 0.4) is 0 Å². The van der Waals surface area contributed by atoms with Crippen LogP contribution in [0, 0.1) is 0 Å². The minimum Gasteiger partial charge on any atom is -0.474 e. The molecule has 0 aliphatic heterocycles. The van der Waals surface area contributed by atoms with Gasteiger partial charge in [0.15, 0.2) is 0 Å². The molecule has 2 aromatic carbocycles. The number of amides is 1. The second-order valence-electron chi connectivity index (χ2n) is 4.11. The van der Waals surface area contributed by atoms with Gasteiger partial charge >= 0.3 is 0 Å². The molecule has 0 aliphatic carbocycles. The van der Waals surface area contributed by atoms with Crippen LogP contribution < -0.4 is 16.0 Å². The fourth-order valence-electron chi connectivity index (χ4n) is 1.70. The molecule has 1 amide bonds. The summed E-state index contributed by atoms with van der Waals surface area (Å²) >= 11 is 15.4. The topological polar surface area (TPSA) is 64.3 Å². The van der Waals surface area contributed by atoms with Crippen molar-refractivity contribution >= 4 is 45.0 Å².